The summed E-state index contributed by atoms with van der Waals surface area (Å²) in [6.45, 7) is 0. The van der Waals surface area contributed by atoms with E-state index in [-0.39, 0.29) is 0 Å². The van der Waals surface area contributed by atoms with E-state index in [1.807, 2.05) is 18.2 Å². The highest BCUT2D eigenvalue weighted by atomic mass is 16.5. The molecule has 0 aliphatic heterocycles. The Morgan fingerprint density at radius 3 is 2.33 bits per heavy atom. The van der Waals surface area contributed by atoms with E-state index < -0.39 is 0 Å². The van der Waals surface area contributed by atoms with E-state index in [4.69, 9.17) is 14.2 Å². The van der Waals surface area contributed by atoms with E-state index >= 15 is 0 Å². The van der Waals surface area contributed by atoms with Crippen molar-refractivity contribution in [2.45, 2.75) is 0 Å². The molecule has 2 aromatic carbocycles. The Kier molecular flexibility index (Phi) is 4.47. The maximum Gasteiger partial charge on any atom is 0.211 e. The molecule has 6 heteroatoms. The number of ether oxygens (including phenoxy) is 3. The number of hydrogen-bond acceptors (Lipinski definition) is 5. The molecule has 0 fully saturated rings. The molecule has 0 atom stereocenters. The number of aromatic nitrogens is 1. The van der Waals surface area contributed by atoms with E-state index in [1.54, 1.807) is 44.7 Å². The first-order valence-corrected chi connectivity index (χ1v) is 7.23. The molecule has 0 saturated carbocycles. The van der Waals surface area contributed by atoms with Gasteiger partial charge in [0.2, 0.25) is 6.41 Å². The highest BCUT2D eigenvalue weighted by Gasteiger charge is 2.08. The van der Waals surface area contributed by atoms with Gasteiger partial charge in [-0.1, -0.05) is 0 Å². The predicted molar refractivity (Wildman–Crippen MR) is 91.0 cm³/mol. The van der Waals surface area contributed by atoms with Crippen LogP contribution in [0.2, 0.25) is 0 Å². The van der Waals surface area contributed by atoms with E-state index in [2.05, 4.69) is 10.3 Å². The number of hydrogen-bond donors (Lipinski definition) is 1. The molecule has 6 nitrogen and oxygen atoms in total. The molecule has 24 heavy (non-hydrogen) atoms. The number of carbonyl (C=O) groups is 1. The second kappa shape index (κ2) is 6.87. The molecule has 1 amide bonds. The molecule has 0 bridgehead atoms. The number of amides is 1. The van der Waals surface area contributed by atoms with Crippen LogP contribution in [-0.2, 0) is 4.79 Å². The minimum absolute atomic E-state index is 0.603. The first-order chi connectivity index (χ1) is 11.7. The van der Waals surface area contributed by atoms with Crippen LogP contribution in [0.4, 0.5) is 5.69 Å². The van der Waals surface area contributed by atoms with Crippen molar-refractivity contribution in [3.8, 4) is 23.0 Å². The number of anilines is 1. The molecule has 1 N–H and O–H groups in total. The Morgan fingerprint density at radius 2 is 1.67 bits per heavy atom. The summed E-state index contributed by atoms with van der Waals surface area (Å²) >= 11 is 0. The van der Waals surface area contributed by atoms with Gasteiger partial charge < -0.3 is 19.5 Å². The quantitative estimate of drug-likeness (QED) is 0.701. The van der Waals surface area contributed by atoms with Crippen LogP contribution in [0.1, 0.15) is 0 Å². The molecule has 0 aliphatic carbocycles. The molecular formula is C18H16N2O4. The maximum atomic E-state index is 10.4. The summed E-state index contributed by atoms with van der Waals surface area (Å²) in [5.74, 6) is 2.51. The van der Waals surface area contributed by atoms with Crippen molar-refractivity contribution < 1.29 is 19.0 Å². The third kappa shape index (κ3) is 3.22. The number of carbonyl (C=O) groups excluding carboxylic acids is 1. The molecule has 3 aromatic rings. The summed E-state index contributed by atoms with van der Waals surface area (Å²) in [6.07, 6.45) is 2.27. The topological polar surface area (TPSA) is 69.7 Å². The van der Waals surface area contributed by atoms with Gasteiger partial charge in [-0.15, -0.1) is 0 Å². The number of nitrogens with zero attached hydrogens (tertiary/aromatic N) is 1. The molecular weight excluding hydrogens is 308 g/mol. The average molecular weight is 324 g/mol. The van der Waals surface area contributed by atoms with Crippen LogP contribution >= 0.6 is 0 Å². The fourth-order valence-corrected chi connectivity index (χ4v) is 2.31. The van der Waals surface area contributed by atoms with Crippen molar-refractivity contribution in [3.63, 3.8) is 0 Å². The van der Waals surface area contributed by atoms with Gasteiger partial charge in [0.05, 0.1) is 25.9 Å². The van der Waals surface area contributed by atoms with Crippen LogP contribution in [0, 0.1) is 0 Å². The first-order valence-electron chi connectivity index (χ1n) is 7.23. The zero-order valence-electron chi connectivity index (χ0n) is 13.3. The zero-order valence-corrected chi connectivity index (χ0v) is 13.3. The molecule has 0 aliphatic rings. The molecule has 122 valence electrons. The third-order valence-electron chi connectivity index (χ3n) is 3.48. The van der Waals surface area contributed by atoms with Crippen LogP contribution in [0.5, 0.6) is 23.0 Å². The van der Waals surface area contributed by atoms with Crippen LogP contribution in [0.3, 0.4) is 0 Å². The number of fused-ring (bicyclic) bond motifs is 1. The summed E-state index contributed by atoms with van der Waals surface area (Å²) in [4.78, 5) is 14.8. The van der Waals surface area contributed by atoms with Crippen molar-refractivity contribution in [2.75, 3.05) is 19.5 Å². The Morgan fingerprint density at radius 1 is 0.958 bits per heavy atom. The fraction of sp³-hybridized carbons (Fsp3) is 0.111. The lowest BCUT2D eigenvalue weighted by molar-refractivity contribution is -0.105. The second-order valence-electron chi connectivity index (χ2n) is 4.96. The minimum Gasteiger partial charge on any atom is -0.493 e. The van der Waals surface area contributed by atoms with Gasteiger partial charge in [-0.05, 0) is 36.4 Å². The third-order valence-corrected chi connectivity index (χ3v) is 3.48. The smallest absolute Gasteiger partial charge is 0.211 e. The Balaban J connectivity index is 1.88. The number of methoxy groups -OCH3 is 2. The first kappa shape index (κ1) is 15.6. The standard InChI is InChI=1S/C18H16N2O4/c1-22-17-8-12-7-15(10-19-16(12)9-18(17)23-2)24-14-5-3-13(4-6-14)20-11-21/h3-11H,1-2H3,(H,20,21). The van der Waals surface area contributed by atoms with Crippen molar-refractivity contribution in [1.29, 1.82) is 0 Å². The summed E-state index contributed by atoms with van der Waals surface area (Å²) in [5.41, 5.74) is 1.48. The summed E-state index contributed by atoms with van der Waals surface area (Å²) in [7, 11) is 3.18. The van der Waals surface area contributed by atoms with Crippen molar-refractivity contribution in [2.24, 2.45) is 0 Å². The van der Waals surface area contributed by atoms with Gasteiger partial charge in [-0.25, -0.2) is 0 Å². The highest BCUT2D eigenvalue weighted by Crippen LogP contribution is 2.33. The second-order valence-corrected chi connectivity index (χ2v) is 4.96. The van der Waals surface area contributed by atoms with E-state index in [1.165, 1.54) is 0 Å². The van der Waals surface area contributed by atoms with Crippen LogP contribution in [0.15, 0.2) is 48.7 Å². The molecule has 3 rings (SSSR count). The lowest BCUT2D eigenvalue weighted by Crippen LogP contribution is -1.93. The predicted octanol–water partition coefficient (Wildman–Crippen LogP) is 3.61. The van der Waals surface area contributed by atoms with E-state index in [0.717, 1.165) is 10.9 Å². The largest absolute Gasteiger partial charge is 0.493 e. The SMILES string of the molecule is COc1cc2cc(Oc3ccc(NC=O)cc3)cnc2cc1OC. The van der Waals surface area contributed by atoms with Gasteiger partial charge >= 0.3 is 0 Å². The number of pyridine rings is 1. The van der Waals surface area contributed by atoms with Gasteiger partial charge in [0, 0.05) is 17.1 Å². The number of benzene rings is 2. The number of nitrogens with one attached hydrogen (secondary N) is 1. The minimum atomic E-state index is 0.603. The molecule has 0 unspecified atom stereocenters. The monoisotopic (exact) mass is 324 g/mol. The highest BCUT2D eigenvalue weighted by molar-refractivity contribution is 5.83. The fourth-order valence-electron chi connectivity index (χ4n) is 2.31. The van der Waals surface area contributed by atoms with Gasteiger partial charge in [0.15, 0.2) is 11.5 Å². The summed E-state index contributed by atoms with van der Waals surface area (Å²) < 4.78 is 16.4. The Hall–Kier alpha value is -3.28. The maximum absolute atomic E-state index is 10.4. The van der Waals surface area contributed by atoms with E-state index in [0.29, 0.717) is 35.1 Å². The van der Waals surface area contributed by atoms with Crippen molar-refractivity contribution in [3.05, 3.63) is 48.7 Å². The van der Waals surface area contributed by atoms with E-state index in [9.17, 15) is 4.79 Å². The lowest BCUT2D eigenvalue weighted by atomic mass is 10.2. The molecule has 1 heterocycles. The van der Waals surface area contributed by atoms with Crippen molar-refractivity contribution >= 4 is 23.0 Å². The van der Waals surface area contributed by atoms with Crippen LogP contribution < -0.4 is 19.5 Å². The molecule has 0 saturated heterocycles. The Bertz CT molecular complexity index is 863. The molecule has 1 aromatic heterocycles. The van der Waals surface area contributed by atoms with Gasteiger partial charge in [0.1, 0.15) is 11.5 Å². The molecule has 0 radical (unpaired) electrons. The normalized spacial score (nSPS) is 10.2. The Labute approximate surface area is 139 Å². The summed E-state index contributed by atoms with van der Waals surface area (Å²) in [6, 6.07) is 12.6. The molecule has 0 spiro atoms. The lowest BCUT2D eigenvalue weighted by Gasteiger charge is -2.10. The van der Waals surface area contributed by atoms with Crippen LogP contribution in [0.25, 0.3) is 10.9 Å². The van der Waals surface area contributed by atoms with Crippen LogP contribution in [-0.4, -0.2) is 25.6 Å². The van der Waals surface area contributed by atoms with Gasteiger partial charge in [0.25, 0.3) is 0 Å². The zero-order chi connectivity index (χ0) is 16.9. The van der Waals surface area contributed by atoms with Gasteiger partial charge in [-0.3, -0.25) is 9.78 Å². The van der Waals surface area contributed by atoms with Crippen molar-refractivity contribution in [1.82, 2.24) is 4.98 Å². The van der Waals surface area contributed by atoms with Gasteiger partial charge in [-0.2, -0.15) is 0 Å². The summed E-state index contributed by atoms with van der Waals surface area (Å²) in [5, 5.41) is 3.45. The number of rotatable bonds is 6. The average Bonchev–Trinajstić information content (AvgIpc) is 2.62.